The van der Waals surface area contributed by atoms with Crippen molar-refractivity contribution in [3.05, 3.63) is 107 Å². The lowest BCUT2D eigenvalue weighted by molar-refractivity contribution is -0.137. The van der Waals surface area contributed by atoms with E-state index in [9.17, 15) is 15.0 Å². The molecule has 5 rings (SSSR count). The third kappa shape index (κ3) is 5.21. The van der Waals surface area contributed by atoms with E-state index in [1.807, 2.05) is 89.8 Å². The summed E-state index contributed by atoms with van der Waals surface area (Å²) in [6.07, 6.45) is 1.19. The third-order valence-corrected chi connectivity index (χ3v) is 8.10. The molecule has 2 heterocycles. The van der Waals surface area contributed by atoms with Crippen molar-refractivity contribution in [2.24, 2.45) is 0 Å². The number of benzene rings is 3. The molecule has 5 nitrogen and oxygen atoms in total. The molecule has 6 heteroatoms. The summed E-state index contributed by atoms with van der Waals surface area (Å²) < 4.78 is 0. The lowest BCUT2D eigenvalue weighted by atomic mass is 9.83. The van der Waals surface area contributed by atoms with Crippen LogP contribution in [0.25, 0.3) is 0 Å². The molecule has 2 N–H and O–H groups in total. The number of hydrogen-bond donors (Lipinski definition) is 2. The molecule has 2 saturated heterocycles. The Kier molecular flexibility index (Phi) is 7.44. The number of nitrogens with zero attached hydrogens (tertiary/aromatic N) is 2. The van der Waals surface area contributed by atoms with Crippen molar-refractivity contribution in [3.63, 3.8) is 0 Å². The smallest absolute Gasteiger partial charge is 0.234 e. The summed E-state index contributed by atoms with van der Waals surface area (Å²) in [6.45, 7) is 2.33. The largest absolute Gasteiger partial charge is 0.391 e. The van der Waals surface area contributed by atoms with E-state index >= 15 is 0 Å². The second-order valence-corrected chi connectivity index (χ2v) is 10.5. The highest BCUT2D eigenvalue weighted by molar-refractivity contribution is 6.30. The van der Waals surface area contributed by atoms with E-state index in [-0.39, 0.29) is 17.9 Å². The van der Waals surface area contributed by atoms with Crippen LogP contribution in [0.1, 0.15) is 41.9 Å². The Morgan fingerprint density at radius 3 is 1.97 bits per heavy atom. The predicted molar refractivity (Wildman–Crippen MR) is 142 cm³/mol. The molecule has 1 unspecified atom stereocenters. The van der Waals surface area contributed by atoms with E-state index in [1.165, 1.54) is 0 Å². The summed E-state index contributed by atoms with van der Waals surface area (Å²) in [7, 11) is 0. The average molecular weight is 505 g/mol. The quantitative estimate of drug-likeness (QED) is 0.540. The molecule has 0 bridgehead atoms. The molecular formula is C30H33ClN2O3. The minimum absolute atomic E-state index is 0.0685. The molecule has 0 aromatic heterocycles. The Morgan fingerprint density at radius 2 is 1.42 bits per heavy atom. The molecule has 2 aliphatic heterocycles. The lowest BCUT2D eigenvalue weighted by Crippen LogP contribution is -2.59. The van der Waals surface area contributed by atoms with Crippen LogP contribution in [-0.4, -0.2) is 64.2 Å². The second kappa shape index (κ2) is 10.7. The van der Waals surface area contributed by atoms with Gasteiger partial charge in [-0.05, 0) is 48.1 Å². The van der Waals surface area contributed by atoms with Gasteiger partial charge in [-0.3, -0.25) is 9.69 Å². The van der Waals surface area contributed by atoms with Crippen molar-refractivity contribution in [1.82, 2.24) is 9.80 Å². The number of hydrogen-bond acceptors (Lipinski definition) is 4. The molecule has 2 fully saturated rings. The maximum absolute atomic E-state index is 13.9. The first kappa shape index (κ1) is 25.0. The number of halogens is 1. The number of aliphatic hydroxyl groups is 2. The minimum Gasteiger partial charge on any atom is -0.391 e. The number of aliphatic hydroxyl groups excluding tert-OH is 1. The minimum atomic E-state index is -0.901. The summed E-state index contributed by atoms with van der Waals surface area (Å²) in [5, 5.41) is 22.9. The maximum Gasteiger partial charge on any atom is 0.234 e. The van der Waals surface area contributed by atoms with Crippen molar-refractivity contribution < 1.29 is 15.0 Å². The highest BCUT2D eigenvalue weighted by atomic mass is 35.5. The number of piperidine rings is 2. The molecule has 0 saturated carbocycles. The normalized spacial score (nSPS) is 22.5. The fourth-order valence-corrected chi connectivity index (χ4v) is 5.83. The third-order valence-electron chi connectivity index (χ3n) is 7.85. The summed E-state index contributed by atoms with van der Waals surface area (Å²) >= 11 is 6.03. The van der Waals surface area contributed by atoms with E-state index in [4.69, 9.17) is 11.6 Å². The zero-order valence-electron chi connectivity index (χ0n) is 20.3. The Labute approximate surface area is 217 Å². The van der Waals surface area contributed by atoms with Crippen LogP contribution in [0, 0.1) is 0 Å². The highest BCUT2D eigenvalue weighted by Crippen LogP contribution is 2.35. The molecule has 0 aliphatic carbocycles. The molecule has 3 aromatic rings. The first-order valence-electron chi connectivity index (χ1n) is 12.7. The number of amides is 1. The van der Waals surface area contributed by atoms with Crippen molar-refractivity contribution >= 4 is 17.5 Å². The van der Waals surface area contributed by atoms with E-state index in [0.717, 1.165) is 16.7 Å². The van der Waals surface area contributed by atoms with Gasteiger partial charge in [0.2, 0.25) is 5.91 Å². The van der Waals surface area contributed by atoms with Crippen LogP contribution in [0.15, 0.2) is 84.9 Å². The van der Waals surface area contributed by atoms with Gasteiger partial charge in [-0.15, -0.1) is 0 Å². The molecular weight excluding hydrogens is 472 g/mol. The zero-order chi connectivity index (χ0) is 25.1. The van der Waals surface area contributed by atoms with Gasteiger partial charge in [-0.1, -0.05) is 84.4 Å². The molecule has 2 atom stereocenters. The Bertz CT molecular complexity index is 1110. The van der Waals surface area contributed by atoms with Crippen LogP contribution in [0.3, 0.4) is 0 Å². The lowest BCUT2D eigenvalue weighted by Gasteiger charge is -2.47. The highest BCUT2D eigenvalue weighted by Gasteiger charge is 2.41. The summed E-state index contributed by atoms with van der Waals surface area (Å²) in [5.74, 6) is -0.307. The maximum atomic E-state index is 13.9. The fraction of sp³-hybridized carbons (Fsp3) is 0.367. The van der Waals surface area contributed by atoms with Gasteiger partial charge < -0.3 is 15.1 Å². The Balaban J connectivity index is 1.31. The van der Waals surface area contributed by atoms with Crippen molar-refractivity contribution in [3.8, 4) is 0 Å². The SMILES string of the molecule is O=C(C(c1ccccc1)c1ccccc1)N1CCC(O)[C@H](N2CCC(O)(c3ccc(Cl)cc3)CC2)C1. The average Bonchev–Trinajstić information content (AvgIpc) is 2.91. The molecule has 1 amide bonds. The summed E-state index contributed by atoms with van der Waals surface area (Å²) in [6, 6.07) is 27.1. The number of rotatable bonds is 5. The first-order valence-corrected chi connectivity index (χ1v) is 13.1. The van der Waals surface area contributed by atoms with Gasteiger partial charge in [-0.25, -0.2) is 0 Å². The van der Waals surface area contributed by atoms with Crippen molar-refractivity contribution in [2.75, 3.05) is 26.2 Å². The first-order chi connectivity index (χ1) is 17.4. The molecule has 188 valence electrons. The molecule has 36 heavy (non-hydrogen) atoms. The standard InChI is InChI=1S/C30H33ClN2O3/c31-25-13-11-24(12-14-25)30(36)16-19-32(20-17-30)26-21-33(18-15-27(26)34)29(35)28(22-7-3-1-4-8-22)23-9-5-2-6-10-23/h1-14,26-28,34,36H,15-21H2/t26-,27?/m1/s1. The van der Waals surface area contributed by atoms with Gasteiger partial charge in [0, 0.05) is 31.2 Å². The predicted octanol–water partition coefficient (Wildman–Crippen LogP) is 4.42. The summed E-state index contributed by atoms with van der Waals surface area (Å²) in [5.41, 5.74) is 1.92. The fourth-order valence-electron chi connectivity index (χ4n) is 5.70. The van der Waals surface area contributed by atoms with Gasteiger partial charge >= 0.3 is 0 Å². The molecule has 2 aliphatic rings. The number of likely N-dealkylation sites (tertiary alicyclic amines) is 2. The van der Waals surface area contributed by atoms with Crippen molar-refractivity contribution in [1.29, 1.82) is 0 Å². The van der Waals surface area contributed by atoms with E-state index < -0.39 is 11.7 Å². The van der Waals surface area contributed by atoms with E-state index in [0.29, 0.717) is 50.5 Å². The molecule has 0 spiro atoms. The van der Waals surface area contributed by atoms with Gasteiger partial charge in [0.25, 0.3) is 0 Å². The number of carbonyl (C=O) groups is 1. The van der Waals surface area contributed by atoms with Gasteiger partial charge in [-0.2, -0.15) is 0 Å². The van der Waals surface area contributed by atoms with Crippen molar-refractivity contribution in [2.45, 2.75) is 42.9 Å². The van der Waals surface area contributed by atoms with Crippen LogP contribution in [0.4, 0.5) is 0 Å². The van der Waals surface area contributed by atoms with Crippen LogP contribution in [-0.2, 0) is 10.4 Å². The van der Waals surface area contributed by atoms with Crippen LogP contribution in [0.5, 0.6) is 0 Å². The van der Waals surface area contributed by atoms with Crippen LogP contribution >= 0.6 is 11.6 Å². The second-order valence-electron chi connectivity index (χ2n) is 10.0. The topological polar surface area (TPSA) is 64.0 Å². The molecule has 3 aromatic carbocycles. The monoisotopic (exact) mass is 504 g/mol. The number of carbonyl (C=O) groups excluding carboxylic acids is 1. The van der Waals surface area contributed by atoms with Gasteiger partial charge in [0.05, 0.1) is 23.7 Å². The van der Waals surface area contributed by atoms with Crippen LogP contribution < -0.4 is 0 Å². The summed E-state index contributed by atoms with van der Waals surface area (Å²) in [4.78, 5) is 18.1. The van der Waals surface area contributed by atoms with Gasteiger partial charge in [0.1, 0.15) is 0 Å². The van der Waals surface area contributed by atoms with Gasteiger partial charge in [0.15, 0.2) is 0 Å². The Hall–Kier alpha value is -2.70. The Morgan fingerprint density at radius 1 is 0.861 bits per heavy atom. The zero-order valence-corrected chi connectivity index (χ0v) is 21.1. The molecule has 0 radical (unpaired) electrons. The van der Waals surface area contributed by atoms with Crippen LogP contribution in [0.2, 0.25) is 5.02 Å². The van der Waals surface area contributed by atoms with E-state index in [1.54, 1.807) is 0 Å². The van der Waals surface area contributed by atoms with E-state index in [2.05, 4.69) is 4.90 Å².